The van der Waals surface area contributed by atoms with Crippen molar-refractivity contribution >= 4 is 44.0 Å². The molecular formula is C13H11ClINO3S. The second kappa shape index (κ2) is 5.32. The first-order valence-electron chi connectivity index (χ1n) is 5.91. The summed E-state index contributed by atoms with van der Waals surface area (Å²) in [5.74, 6) is 0. The summed E-state index contributed by atoms with van der Waals surface area (Å²) in [5.41, 5.74) is 0.670. The zero-order valence-electron chi connectivity index (χ0n) is 10.2. The minimum absolute atomic E-state index is 0.281. The number of aromatic amines is 1. The highest BCUT2D eigenvalue weighted by atomic mass is 127. The van der Waals surface area contributed by atoms with Crippen LogP contribution in [0.15, 0.2) is 47.5 Å². The summed E-state index contributed by atoms with van der Waals surface area (Å²) in [5, 5.41) is -0.787. The van der Waals surface area contributed by atoms with E-state index in [2.05, 4.69) is 4.98 Å². The summed E-state index contributed by atoms with van der Waals surface area (Å²) in [6.45, 7) is 0. The zero-order chi connectivity index (χ0) is 14.3. The molecule has 1 aliphatic rings. The van der Waals surface area contributed by atoms with E-state index in [1.54, 1.807) is 42.6 Å². The van der Waals surface area contributed by atoms with Gasteiger partial charge in [0.2, 0.25) is 0 Å². The molecule has 1 N–H and O–H groups in total. The Morgan fingerprint density at radius 1 is 1.20 bits per heavy atom. The Balaban J connectivity index is 2.13. The molecule has 1 aliphatic heterocycles. The summed E-state index contributed by atoms with van der Waals surface area (Å²) < 4.78 is 30.6. The van der Waals surface area contributed by atoms with Crippen LogP contribution in [0.3, 0.4) is 0 Å². The van der Waals surface area contributed by atoms with Crippen LogP contribution in [0.5, 0.6) is 0 Å². The Bertz CT molecular complexity index is 716. The number of H-pyrrole nitrogens is 1. The van der Waals surface area contributed by atoms with Gasteiger partial charge in [0.25, 0.3) is 0 Å². The predicted octanol–water partition coefficient (Wildman–Crippen LogP) is 3.56. The number of halogens is 2. The summed E-state index contributed by atoms with van der Waals surface area (Å²) in [7, 11) is -3.54. The van der Waals surface area contributed by atoms with E-state index in [4.69, 9.17) is 16.3 Å². The van der Waals surface area contributed by atoms with Crippen molar-refractivity contribution < 1.29 is 13.2 Å². The van der Waals surface area contributed by atoms with E-state index in [0.717, 1.165) is 0 Å². The quantitative estimate of drug-likeness (QED) is 0.593. The van der Waals surface area contributed by atoms with Crippen molar-refractivity contribution in [1.82, 2.24) is 4.98 Å². The number of aromatic nitrogens is 1. The largest absolute Gasteiger partial charge is 0.363 e. The first-order valence-corrected chi connectivity index (χ1v) is 9.14. The number of alkyl halides is 2. The fourth-order valence-corrected chi connectivity index (χ4v) is 6.26. The van der Waals surface area contributed by atoms with E-state index < -0.39 is 24.8 Å². The van der Waals surface area contributed by atoms with Crippen molar-refractivity contribution in [3.63, 3.8) is 0 Å². The van der Waals surface area contributed by atoms with Gasteiger partial charge in [0.05, 0.1) is 4.90 Å². The Morgan fingerprint density at radius 2 is 1.90 bits per heavy atom. The standard InChI is InChI=1S/C13H11ClINO3S/c14-12-9-6-7-16-10(9)11(13(15)19-12)20(17,18)8-4-2-1-3-5-8/h1-7,11-13,16H. The van der Waals surface area contributed by atoms with Gasteiger partial charge in [0, 0.05) is 17.5 Å². The van der Waals surface area contributed by atoms with Crippen LogP contribution in [0.2, 0.25) is 0 Å². The number of benzene rings is 1. The first-order chi connectivity index (χ1) is 9.51. The molecule has 7 heteroatoms. The molecule has 0 saturated carbocycles. The molecule has 2 heterocycles. The molecule has 106 valence electrons. The molecule has 0 amide bonds. The molecular weight excluding hydrogens is 413 g/mol. The highest BCUT2D eigenvalue weighted by Gasteiger charge is 2.43. The van der Waals surface area contributed by atoms with Crippen LogP contribution >= 0.6 is 34.2 Å². The lowest BCUT2D eigenvalue weighted by molar-refractivity contribution is 0.0801. The molecule has 0 saturated heterocycles. The lowest BCUT2D eigenvalue weighted by Crippen LogP contribution is -2.30. The van der Waals surface area contributed by atoms with Crippen molar-refractivity contribution in [2.24, 2.45) is 0 Å². The topological polar surface area (TPSA) is 59.2 Å². The third-order valence-electron chi connectivity index (χ3n) is 3.24. The molecule has 0 radical (unpaired) electrons. The van der Waals surface area contributed by atoms with E-state index in [1.807, 2.05) is 22.6 Å². The summed E-state index contributed by atoms with van der Waals surface area (Å²) in [6.07, 6.45) is 1.69. The molecule has 4 nitrogen and oxygen atoms in total. The fraction of sp³-hybridized carbons (Fsp3) is 0.231. The average Bonchev–Trinajstić information content (AvgIpc) is 2.89. The Hall–Kier alpha value is -0.570. The summed E-state index contributed by atoms with van der Waals surface area (Å²) >= 11 is 8.08. The van der Waals surface area contributed by atoms with Crippen molar-refractivity contribution in [2.45, 2.75) is 19.8 Å². The van der Waals surface area contributed by atoms with Gasteiger partial charge < -0.3 is 9.72 Å². The molecule has 0 aliphatic carbocycles. The maximum absolute atomic E-state index is 12.8. The molecule has 3 rings (SSSR count). The molecule has 2 aromatic rings. The Morgan fingerprint density at radius 3 is 2.60 bits per heavy atom. The molecule has 0 spiro atoms. The molecule has 20 heavy (non-hydrogen) atoms. The normalized spacial score (nSPS) is 26.2. The van der Waals surface area contributed by atoms with Crippen LogP contribution in [0.1, 0.15) is 22.1 Å². The monoisotopic (exact) mass is 423 g/mol. The van der Waals surface area contributed by atoms with Gasteiger partial charge in [-0.25, -0.2) is 8.42 Å². The van der Waals surface area contributed by atoms with Gasteiger partial charge in [-0.15, -0.1) is 0 Å². The van der Waals surface area contributed by atoms with Crippen LogP contribution in [-0.4, -0.2) is 17.5 Å². The van der Waals surface area contributed by atoms with Crippen LogP contribution in [-0.2, 0) is 14.6 Å². The summed E-state index contributed by atoms with van der Waals surface area (Å²) in [4.78, 5) is 3.28. The number of sulfone groups is 1. The third-order valence-corrected chi connectivity index (χ3v) is 7.15. The van der Waals surface area contributed by atoms with Crippen molar-refractivity contribution in [3.8, 4) is 0 Å². The second-order valence-electron chi connectivity index (χ2n) is 4.43. The van der Waals surface area contributed by atoms with Gasteiger partial charge in [-0.05, 0) is 40.8 Å². The average molecular weight is 424 g/mol. The molecule has 3 unspecified atom stereocenters. The van der Waals surface area contributed by atoms with Crippen molar-refractivity contribution in [1.29, 1.82) is 0 Å². The van der Waals surface area contributed by atoms with E-state index in [9.17, 15) is 8.42 Å². The molecule has 0 fully saturated rings. The zero-order valence-corrected chi connectivity index (χ0v) is 13.9. The van der Waals surface area contributed by atoms with Crippen molar-refractivity contribution in [2.75, 3.05) is 0 Å². The molecule has 1 aromatic carbocycles. The Kier molecular flexibility index (Phi) is 3.83. The number of fused-ring (bicyclic) bond motifs is 1. The Labute approximate surface area is 135 Å². The molecule has 0 bridgehead atoms. The van der Waals surface area contributed by atoms with Gasteiger partial charge in [-0.1, -0.05) is 29.8 Å². The summed E-state index contributed by atoms with van der Waals surface area (Å²) in [6, 6.07) is 10.1. The van der Waals surface area contributed by atoms with Gasteiger partial charge in [-0.3, -0.25) is 0 Å². The second-order valence-corrected chi connectivity index (χ2v) is 8.12. The third kappa shape index (κ3) is 2.28. The van der Waals surface area contributed by atoms with E-state index in [0.29, 0.717) is 11.3 Å². The predicted molar refractivity (Wildman–Crippen MR) is 84.6 cm³/mol. The number of rotatable bonds is 2. The number of nitrogens with one attached hydrogen (secondary N) is 1. The van der Waals surface area contributed by atoms with Gasteiger partial charge in [-0.2, -0.15) is 0 Å². The minimum Gasteiger partial charge on any atom is -0.363 e. The highest BCUT2D eigenvalue weighted by Crippen LogP contribution is 2.45. The van der Waals surface area contributed by atoms with Crippen LogP contribution in [0.25, 0.3) is 0 Å². The minimum atomic E-state index is -3.54. The van der Waals surface area contributed by atoms with Crippen LogP contribution < -0.4 is 0 Å². The van der Waals surface area contributed by atoms with Crippen LogP contribution in [0.4, 0.5) is 0 Å². The lowest BCUT2D eigenvalue weighted by atomic mass is 10.1. The number of hydrogen-bond acceptors (Lipinski definition) is 3. The van der Waals surface area contributed by atoms with E-state index >= 15 is 0 Å². The highest BCUT2D eigenvalue weighted by molar-refractivity contribution is 14.1. The lowest BCUT2D eigenvalue weighted by Gasteiger charge is -2.30. The van der Waals surface area contributed by atoms with E-state index in [1.165, 1.54) is 0 Å². The maximum atomic E-state index is 12.8. The number of hydrogen-bond donors (Lipinski definition) is 1. The smallest absolute Gasteiger partial charge is 0.190 e. The maximum Gasteiger partial charge on any atom is 0.190 e. The van der Waals surface area contributed by atoms with Crippen molar-refractivity contribution in [3.05, 3.63) is 53.9 Å². The van der Waals surface area contributed by atoms with Gasteiger partial charge in [0.1, 0.15) is 9.36 Å². The van der Waals surface area contributed by atoms with E-state index in [-0.39, 0.29) is 4.90 Å². The van der Waals surface area contributed by atoms with Crippen LogP contribution in [0, 0.1) is 0 Å². The fourth-order valence-electron chi connectivity index (χ4n) is 2.28. The molecule has 3 atom stereocenters. The van der Waals surface area contributed by atoms with Gasteiger partial charge in [0.15, 0.2) is 15.4 Å². The molecule has 1 aromatic heterocycles. The first kappa shape index (κ1) is 14.4. The SMILES string of the molecule is O=S(=O)(c1ccccc1)C1c2[nH]ccc2C(Cl)OC1I. The number of ether oxygens (including phenoxy) is 1. The van der Waals surface area contributed by atoms with Gasteiger partial charge >= 0.3 is 0 Å².